The SMILES string of the molecule is COCCCOc1cccc(CN=C(N)N2CCN(c3ccc(F)cc3)CC2)c1.I. The number of methoxy groups -OCH3 is 1. The number of hydrogen-bond donors (Lipinski definition) is 1. The lowest BCUT2D eigenvalue weighted by Gasteiger charge is -2.36. The maximum atomic E-state index is 13.1. The molecular formula is C22H30FIN4O2. The van der Waals surface area contributed by atoms with Crippen LogP contribution in [0.2, 0.25) is 0 Å². The number of nitrogens with two attached hydrogens (primary N) is 1. The fraction of sp³-hybridized carbons (Fsp3) is 0.409. The van der Waals surface area contributed by atoms with Gasteiger partial charge in [0.2, 0.25) is 0 Å². The van der Waals surface area contributed by atoms with Gasteiger partial charge in [0, 0.05) is 52.0 Å². The van der Waals surface area contributed by atoms with E-state index in [-0.39, 0.29) is 29.8 Å². The lowest BCUT2D eigenvalue weighted by atomic mass is 10.2. The second kappa shape index (κ2) is 12.6. The Kier molecular flexibility index (Phi) is 10.2. The summed E-state index contributed by atoms with van der Waals surface area (Å²) in [6.07, 6.45) is 0.857. The number of halogens is 2. The number of rotatable bonds is 8. The lowest BCUT2D eigenvalue weighted by Crippen LogP contribution is -2.51. The van der Waals surface area contributed by atoms with Crippen LogP contribution in [0.25, 0.3) is 0 Å². The Morgan fingerprint density at radius 1 is 1.07 bits per heavy atom. The van der Waals surface area contributed by atoms with E-state index < -0.39 is 0 Å². The van der Waals surface area contributed by atoms with E-state index in [4.69, 9.17) is 15.2 Å². The first-order chi connectivity index (χ1) is 14.2. The molecular weight excluding hydrogens is 498 g/mol. The van der Waals surface area contributed by atoms with E-state index in [0.29, 0.717) is 25.7 Å². The smallest absolute Gasteiger partial charge is 0.191 e. The molecule has 1 aliphatic heterocycles. The minimum Gasteiger partial charge on any atom is -0.493 e. The number of aliphatic imine (C=N–C) groups is 1. The van der Waals surface area contributed by atoms with Gasteiger partial charge in [-0.3, -0.25) is 0 Å². The Hall–Kier alpha value is -2.07. The Morgan fingerprint density at radius 3 is 2.50 bits per heavy atom. The summed E-state index contributed by atoms with van der Waals surface area (Å²) in [6, 6.07) is 14.5. The van der Waals surface area contributed by atoms with Gasteiger partial charge in [-0.1, -0.05) is 12.1 Å². The molecule has 1 heterocycles. The van der Waals surface area contributed by atoms with Crippen LogP contribution in [0, 0.1) is 5.82 Å². The maximum Gasteiger partial charge on any atom is 0.191 e. The summed E-state index contributed by atoms with van der Waals surface area (Å²) in [7, 11) is 1.69. The van der Waals surface area contributed by atoms with Crippen molar-refractivity contribution in [2.24, 2.45) is 10.7 Å². The highest BCUT2D eigenvalue weighted by molar-refractivity contribution is 14.0. The van der Waals surface area contributed by atoms with E-state index in [1.54, 1.807) is 7.11 Å². The third-order valence-corrected chi connectivity index (χ3v) is 4.88. The first kappa shape index (κ1) is 24.2. The molecule has 2 aromatic rings. The second-order valence-electron chi connectivity index (χ2n) is 6.97. The summed E-state index contributed by atoms with van der Waals surface area (Å²) < 4.78 is 23.9. The summed E-state index contributed by atoms with van der Waals surface area (Å²) in [5.74, 6) is 1.17. The minimum absolute atomic E-state index is 0. The van der Waals surface area contributed by atoms with Crippen molar-refractivity contribution in [3.8, 4) is 5.75 Å². The standard InChI is InChI=1S/C22H29FN4O2.HI/c1-28-14-3-15-29-21-5-2-4-18(16-21)17-25-22(24)27-12-10-26(11-13-27)20-8-6-19(23)7-9-20;/h2,4-9,16H,3,10-15,17H2,1H3,(H2,24,25);1H. The molecule has 1 fully saturated rings. The van der Waals surface area contributed by atoms with Crippen LogP contribution in [0.15, 0.2) is 53.5 Å². The zero-order chi connectivity index (χ0) is 20.5. The van der Waals surface area contributed by atoms with Gasteiger partial charge in [-0.2, -0.15) is 0 Å². The highest BCUT2D eigenvalue weighted by Gasteiger charge is 2.18. The summed E-state index contributed by atoms with van der Waals surface area (Å²) in [6.45, 7) is 5.05. The number of nitrogens with zero attached hydrogens (tertiary/aromatic N) is 3. The van der Waals surface area contributed by atoms with Crippen LogP contribution in [0.3, 0.4) is 0 Å². The number of piperazine rings is 1. The highest BCUT2D eigenvalue weighted by Crippen LogP contribution is 2.17. The average molecular weight is 528 g/mol. The molecule has 3 rings (SSSR count). The van der Waals surface area contributed by atoms with Gasteiger partial charge in [-0.05, 0) is 42.0 Å². The Balaban J connectivity index is 0.00000320. The van der Waals surface area contributed by atoms with Crippen LogP contribution in [0.4, 0.5) is 10.1 Å². The molecule has 0 amide bonds. The average Bonchev–Trinajstić information content (AvgIpc) is 2.76. The van der Waals surface area contributed by atoms with Crippen molar-refractivity contribution in [3.63, 3.8) is 0 Å². The first-order valence-electron chi connectivity index (χ1n) is 9.92. The fourth-order valence-corrected chi connectivity index (χ4v) is 3.24. The van der Waals surface area contributed by atoms with E-state index in [1.165, 1.54) is 12.1 Å². The molecule has 0 unspecified atom stereocenters. The number of hydrogen-bond acceptors (Lipinski definition) is 4. The summed E-state index contributed by atoms with van der Waals surface area (Å²) in [5.41, 5.74) is 8.30. The normalized spacial score (nSPS) is 14.4. The van der Waals surface area contributed by atoms with Gasteiger partial charge in [0.15, 0.2) is 5.96 Å². The topological polar surface area (TPSA) is 63.3 Å². The van der Waals surface area contributed by atoms with Crippen LogP contribution in [0.5, 0.6) is 5.75 Å². The highest BCUT2D eigenvalue weighted by atomic mass is 127. The predicted molar refractivity (Wildman–Crippen MR) is 129 cm³/mol. The Morgan fingerprint density at radius 2 is 1.80 bits per heavy atom. The summed E-state index contributed by atoms with van der Waals surface area (Å²) >= 11 is 0. The molecule has 1 aliphatic rings. The van der Waals surface area contributed by atoms with Crippen LogP contribution < -0.4 is 15.4 Å². The molecule has 6 nitrogen and oxygen atoms in total. The van der Waals surface area contributed by atoms with E-state index in [0.717, 1.165) is 49.6 Å². The van der Waals surface area contributed by atoms with Crippen molar-refractivity contribution in [3.05, 3.63) is 59.9 Å². The monoisotopic (exact) mass is 528 g/mol. The second-order valence-corrected chi connectivity index (χ2v) is 6.97. The first-order valence-corrected chi connectivity index (χ1v) is 9.92. The van der Waals surface area contributed by atoms with Gasteiger partial charge in [-0.15, -0.1) is 24.0 Å². The molecule has 0 saturated carbocycles. The van der Waals surface area contributed by atoms with Gasteiger partial charge >= 0.3 is 0 Å². The molecule has 0 aliphatic carbocycles. The Bertz CT molecular complexity index is 796. The zero-order valence-electron chi connectivity index (χ0n) is 17.3. The van der Waals surface area contributed by atoms with Crippen molar-refractivity contribution in [2.75, 3.05) is 51.4 Å². The summed E-state index contributed by atoms with van der Waals surface area (Å²) in [4.78, 5) is 8.87. The fourth-order valence-electron chi connectivity index (χ4n) is 3.24. The molecule has 0 aromatic heterocycles. The summed E-state index contributed by atoms with van der Waals surface area (Å²) in [5, 5.41) is 0. The van der Waals surface area contributed by atoms with Gasteiger partial charge < -0.3 is 25.0 Å². The van der Waals surface area contributed by atoms with E-state index >= 15 is 0 Å². The third-order valence-electron chi connectivity index (χ3n) is 4.88. The molecule has 0 radical (unpaired) electrons. The van der Waals surface area contributed by atoms with Gasteiger partial charge in [0.25, 0.3) is 0 Å². The Labute approximate surface area is 194 Å². The number of guanidine groups is 1. The van der Waals surface area contributed by atoms with E-state index in [9.17, 15) is 4.39 Å². The maximum absolute atomic E-state index is 13.1. The van der Waals surface area contributed by atoms with Crippen LogP contribution >= 0.6 is 24.0 Å². The quantitative estimate of drug-likeness (QED) is 0.246. The molecule has 2 aromatic carbocycles. The largest absolute Gasteiger partial charge is 0.493 e. The van der Waals surface area contributed by atoms with Crippen LogP contribution in [-0.2, 0) is 11.3 Å². The third kappa shape index (κ3) is 7.32. The number of anilines is 1. The van der Waals surface area contributed by atoms with Gasteiger partial charge in [-0.25, -0.2) is 9.38 Å². The van der Waals surface area contributed by atoms with Crippen molar-refractivity contribution in [1.82, 2.24) is 4.90 Å². The van der Waals surface area contributed by atoms with Crippen LogP contribution in [-0.4, -0.2) is 57.4 Å². The minimum atomic E-state index is -0.215. The number of ether oxygens (including phenoxy) is 2. The number of benzene rings is 2. The molecule has 1 saturated heterocycles. The molecule has 0 spiro atoms. The van der Waals surface area contributed by atoms with Crippen molar-refractivity contribution >= 4 is 35.6 Å². The zero-order valence-corrected chi connectivity index (χ0v) is 19.6. The van der Waals surface area contributed by atoms with E-state index in [2.05, 4.69) is 14.8 Å². The van der Waals surface area contributed by atoms with Crippen molar-refractivity contribution < 1.29 is 13.9 Å². The van der Waals surface area contributed by atoms with Crippen molar-refractivity contribution in [2.45, 2.75) is 13.0 Å². The molecule has 0 bridgehead atoms. The van der Waals surface area contributed by atoms with Gasteiger partial charge in [0.1, 0.15) is 11.6 Å². The molecule has 30 heavy (non-hydrogen) atoms. The molecule has 164 valence electrons. The predicted octanol–water partition coefficient (Wildman–Crippen LogP) is 3.50. The molecule has 2 N–H and O–H groups in total. The molecule has 8 heteroatoms. The lowest BCUT2D eigenvalue weighted by molar-refractivity contribution is 0.172. The van der Waals surface area contributed by atoms with Gasteiger partial charge in [0.05, 0.1) is 13.2 Å². The molecule has 0 atom stereocenters. The van der Waals surface area contributed by atoms with Crippen LogP contribution in [0.1, 0.15) is 12.0 Å². The van der Waals surface area contributed by atoms with Crippen molar-refractivity contribution in [1.29, 1.82) is 0 Å². The van der Waals surface area contributed by atoms with E-state index in [1.807, 2.05) is 36.4 Å².